The molecule has 1 saturated heterocycles. The molecule has 0 bridgehead atoms. The largest absolute Gasteiger partial charge is 0.451 e. The first kappa shape index (κ1) is 32.5. The number of anilines is 2. The Morgan fingerprint density at radius 2 is 1.76 bits per heavy atom. The zero-order valence-corrected chi connectivity index (χ0v) is 26.1. The molecule has 2 aliphatic rings. The first-order chi connectivity index (χ1) is 21.5. The molecule has 5 rings (SSSR count). The van der Waals surface area contributed by atoms with Gasteiger partial charge in [-0.1, -0.05) is 6.07 Å². The van der Waals surface area contributed by atoms with Crippen molar-refractivity contribution in [2.24, 2.45) is 0 Å². The van der Waals surface area contributed by atoms with Crippen molar-refractivity contribution in [3.63, 3.8) is 0 Å². The van der Waals surface area contributed by atoms with Crippen LogP contribution in [0.1, 0.15) is 46.9 Å². The molecule has 0 spiro atoms. The number of halogens is 2. The molecule has 0 aliphatic carbocycles. The molecule has 45 heavy (non-hydrogen) atoms. The summed E-state index contributed by atoms with van der Waals surface area (Å²) in [6.45, 7) is 4.67. The predicted molar refractivity (Wildman–Crippen MR) is 162 cm³/mol. The van der Waals surface area contributed by atoms with Crippen molar-refractivity contribution < 1.29 is 36.3 Å². The van der Waals surface area contributed by atoms with Crippen molar-refractivity contribution in [3.05, 3.63) is 70.4 Å². The lowest BCUT2D eigenvalue weighted by Gasteiger charge is -2.27. The van der Waals surface area contributed by atoms with Gasteiger partial charge in [0.05, 0.1) is 29.9 Å². The fourth-order valence-electron chi connectivity index (χ4n) is 5.70. The molecule has 15 heteroatoms. The van der Waals surface area contributed by atoms with Crippen LogP contribution in [0.4, 0.5) is 25.1 Å². The van der Waals surface area contributed by atoms with Crippen LogP contribution < -0.4 is 10.6 Å². The monoisotopic (exact) mass is 646 g/mol. The average Bonchev–Trinajstić information content (AvgIpc) is 3.64. The van der Waals surface area contributed by atoms with E-state index in [4.69, 9.17) is 9.47 Å². The summed E-state index contributed by atoms with van der Waals surface area (Å²) in [5, 5.41) is 10.4. The third-order valence-electron chi connectivity index (χ3n) is 7.83. The first-order valence-electron chi connectivity index (χ1n) is 14.6. The molecule has 2 aliphatic heterocycles. The van der Waals surface area contributed by atoms with Crippen molar-refractivity contribution in [2.75, 3.05) is 51.1 Å². The van der Waals surface area contributed by atoms with Crippen LogP contribution in [0.25, 0.3) is 0 Å². The van der Waals surface area contributed by atoms with E-state index in [0.717, 1.165) is 59.2 Å². The number of amides is 1. The molecule has 12 nitrogen and oxygen atoms in total. The van der Waals surface area contributed by atoms with Crippen LogP contribution in [0.2, 0.25) is 0 Å². The Bertz CT molecular complexity index is 1670. The summed E-state index contributed by atoms with van der Waals surface area (Å²) < 4.78 is 66.7. The lowest BCUT2D eigenvalue weighted by molar-refractivity contribution is 0.102. The SMILES string of the molecule is COCC(C)Nc1cc(CN2CCCC2)ccc1C(=O)Nc1nn(C(=O)OC)c2c1CN(S(=O)(=O)c1cc(F)cc(F)c1)CC2. The number of nitrogens with one attached hydrogen (secondary N) is 2. The van der Waals surface area contributed by atoms with Crippen LogP contribution in [-0.4, -0.2) is 85.9 Å². The molecule has 1 atom stereocenters. The van der Waals surface area contributed by atoms with E-state index in [9.17, 15) is 26.8 Å². The standard InChI is InChI=1S/C30H36F2N6O6S/c1-19(18-43-2)33-26-12-20(16-36-9-4-5-10-36)6-7-24(26)29(39)34-28-25-17-37(11-8-27(25)38(35-28)30(40)44-3)45(41,42)23-14-21(31)13-22(32)15-23/h6-7,12-15,19,33H,4-5,8-11,16-18H2,1-3H3,(H,34,35,39). The molecule has 0 saturated carbocycles. The Labute approximate surface area is 260 Å². The quantitative estimate of drug-likeness (QED) is 0.337. The average molecular weight is 647 g/mol. The Kier molecular flexibility index (Phi) is 9.82. The second-order valence-electron chi connectivity index (χ2n) is 11.2. The van der Waals surface area contributed by atoms with E-state index in [0.29, 0.717) is 29.6 Å². The Hall–Kier alpha value is -3.92. The number of likely N-dealkylation sites (tertiary alicyclic amines) is 1. The van der Waals surface area contributed by atoms with Crippen molar-refractivity contribution in [1.29, 1.82) is 0 Å². The van der Waals surface area contributed by atoms with Gasteiger partial charge in [-0.05, 0) is 62.7 Å². The molecule has 1 amide bonds. The molecule has 3 aromatic rings. The number of fused-ring (bicyclic) bond motifs is 1. The summed E-state index contributed by atoms with van der Waals surface area (Å²) in [4.78, 5) is 28.1. The lowest BCUT2D eigenvalue weighted by Crippen LogP contribution is -2.37. The topological polar surface area (TPSA) is 135 Å². The number of ether oxygens (including phenoxy) is 2. The molecule has 1 unspecified atom stereocenters. The Morgan fingerprint density at radius 1 is 1.04 bits per heavy atom. The van der Waals surface area contributed by atoms with E-state index in [2.05, 4.69) is 20.6 Å². The molecule has 2 aromatic carbocycles. The maximum absolute atomic E-state index is 13.9. The van der Waals surface area contributed by atoms with Gasteiger partial charge >= 0.3 is 6.09 Å². The number of hydrogen-bond donors (Lipinski definition) is 2. The van der Waals surface area contributed by atoms with E-state index in [1.165, 1.54) is 7.11 Å². The molecule has 0 radical (unpaired) electrons. The number of methoxy groups -OCH3 is 2. The smallest absolute Gasteiger partial charge is 0.434 e. The minimum Gasteiger partial charge on any atom is -0.451 e. The van der Waals surface area contributed by atoms with Crippen molar-refractivity contribution >= 4 is 33.5 Å². The van der Waals surface area contributed by atoms with Crippen molar-refractivity contribution in [2.45, 2.75) is 50.2 Å². The molecule has 1 fully saturated rings. The van der Waals surface area contributed by atoms with Crippen LogP contribution in [0.5, 0.6) is 0 Å². The molecule has 1 aromatic heterocycles. The summed E-state index contributed by atoms with van der Waals surface area (Å²) in [6.07, 6.45) is 1.50. The van der Waals surface area contributed by atoms with Crippen molar-refractivity contribution in [1.82, 2.24) is 19.0 Å². The summed E-state index contributed by atoms with van der Waals surface area (Å²) in [5.74, 6) is -2.65. The van der Waals surface area contributed by atoms with Gasteiger partial charge in [0.1, 0.15) is 11.6 Å². The van der Waals surface area contributed by atoms with Gasteiger partial charge in [0.15, 0.2) is 5.82 Å². The van der Waals surface area contributed by atoms with E-state index in [-0.39, 0.29) is 36.9 Å². The molecule has 2 N–H and O–H groups in total. The van der Waals surface area contributed by atoms with E-state index < -0.39 is 38.6 Å². The zero-order valence-electron chi connectivity index (χ0n) is 25.3. The zero-order chi connectivity index (χ0) is 32.3. The lowest BCUT2D eigenvalue weighted by atomic mass is 10.1. The van der Waals surface area contributed by atoms with Gasteiger partial charge in [-0.25, -0.2) is 22.0 Å². The summed E-state index contributed by atoms with van der Waals surface area (Å²) in [5.41, 5.74) is 2.52. The molecular formula is C30H36F2N6O6S. The van der Waals surface area contributed by atoms with Gasteiger partial charge in [0, 0.05) is 56.5 Å². The number of hydrogen-bond acceptors (Lipinski definition) is 9. The highest BCUT2D eigenvalue weighted by Gasteiger charge is 2.35. The fraction of sp³-hybridized carbons (Fsp3) is 0.433. The maximum Gasteiger partial charge on any atom is 0.434 e. The summed E-state index contributed by atoms with van der Waals surface area (Å²) in [7, 11) is -1.58. The van der Waals surface area contributed by atoms with Gasteiger partial charge in [0.25, 0.3) is 5.91 Å². The van der Waals surface area contributed by atoms with Crippen LogP contribution in [-0.2, 0) is 39.0 Å². The van der Waals surface area contributed by atoms with Crippen LogP contribution in [0.15, 0.2) is 41.3 Å². The first-order valence-corrected chi connectivity index (χ1v) is 16.0. The highest BCUT2D eigenvalue weighted by molar-refractivity contribution is 7.89. The third kappa shape index (κ3) is 7.16. The number of carbonyl (C=O) groups excluding carboxylic acids is 2. The fourth-order valence-corrected chi connectivity index (χ4v) is 7.15. The Morgan fingerprint density at radius 3 is 2.42 bits per heavy atom. The Balaban J connectivity index is 1.46. The van der Waals surface area contributed by atoms with Crippen molar-refractivity contribution in [3.8, 4) is 0 Å². The highest BCUT2D eigenvalue weighted by Crippen LogP contribution is 2.31. The van der Waals surface area contributed by atoms with Gasteiger partial charge < -0.3 is 20.1 Å². The minimum atomic E-state index is -4.34. The molecule has 242 valence electrons. The third-order valence-corrected chi connectivity index (χ3v) is 9.65. The number of carbonyl (C=O) groups is 2. The summed E-state index contributed by atoms with van der Waals surface area (Å²) in [6, 6.07) is 7.45. The van der Waals surface area contributed by atoms with E-state index in [1.54, 1.807) is 13.2 Å². The summed E-state index contributed by atoms with van der Waals surface area (Å²) >= 11 is 0. The van der Waals surface area contributed by atoms with Crippen LogP contribution in [0.3, 0.4) is 0 Å². The second kappa shape index (κ2) is 13.6. The predicted octanol–water partition coefficient (Wildman–Crippen LogP) is 3.82. The van der Waals surface area contributed by atoms with Gasteiger partial charge in [-0.15, -0.1) is 5.10 Å². The number of aromatic nitrogens is 2. The molecule has 3 heterocycles. The second-order valence-corrected chi connectivity index (χ2v) is 13.1. The van der Waals surface area contributed by atoms with Gasteiger partial charge in [0.2, 0.25) is 10.0 Å². The highest BCUT2D eigenvalue weighted by atomic mass is 32.2. The van der Waals surface area contributed by atoms with Gasteiger partial charge in [-0.2, -0.15) is 8.99 Å². The van der Waals surface area contributed by atoms with E-state index >= 15 is 0 Å². The number of nitrogens with zero attached hydrogens (tertiary/aromatic N) is 4. The normalized spacial score (nSPS) is 16.3. The number of benzene rings is 2. The van der Waals surface area contributed by atoms with E-state index in [1.807, 2.05) is 19.1 Å². The maximum atomic E-state index is 13.9. The number of sulfonamides is 1. The molecular weight excluding hydrogens is 610 g/mol. The number of rotatable bonds is 10. The van der Waals surface area contributed by atoms with Crippen LogP contribution >= 0.6 is 0 Å². The minimum absolute atomic E-state index is 0.0247. The van der Waals surface area contributed by atoms with Crippen LogP contribution in [0, 0.1) is 11.6 Å². The van der Waals surface area contributed by atoms with Gasteiger partial charge in [-0.3, -0.25) is 9.69 Å².